The Balaban J connectivity index is 2.93. The molecule has 90 valence electrons. The molecule has 1 aromatic carbocycles. The molecular formula is C12H14N2O3. The number of hydrogen-bond acceptors (Lipinski definition) is 4. The standard InChI is InChI=1S/C12H14N2O3/c1-3-7-13-10-5-6-11(14(15)16)12(9-10)17-8-4-2/h1,5-6,9,13H,4,7-8H2,2H3. The van der Waals surface area contributed by atoms with E-state index in [0.29, 0.717) is 18.8 Å². The molecule has 0 unspecified atom stereocenters. The number of nitro benzene ring substituents is 1. The summed E-state index contributed by atoms with van der Waals surface area (Å²) in [5, 5.41) is 13.7. The molecule has 0 spiro atoms. The molecule has 0 aliphatic carbocycles. The third kappa shape index (κ3) is 3.68. The summed E-state index contributed by atoms with van der Waals surface area (Å²) in [5.41, 5.74) is 0.671. The highest BCUT2D eigenvalue weighted by Crippen LogP contribution is 2.30. The summed E-state index contributed by atoms with van der Waals surface area (Å²) in [6.07, 6.45) is 5.91. The molecule has 0 amide bonds. The summed E-state index contributed by atoms with van der Waals surface area (Å²) in [5.74, 6) is 2.69. The number of rotatable bonds is 6. The lowest BCUT2D eigenvalue weighted by atomic mass is 10.2. The molecule has 5 nitrogen and oxygen atoms in total. The Morgan fingerprint density at radius 2 is 2.35 bits per heavy atom. The van der Waals surface area contributed by atoms with E-state index in [4.69, 9.17) is 11.2 Å². The van der Waals surface area contributed by atoms with Gasteiger partial charge in [-0.2, -0.15) is 0 Å². The maximum atomic E-state index is 10.8. The van der Waals surface area contributed by atoms with Crippen molar-refractivity contribution in [1.29, 1.82) is 0 Å². The quantitative estimate of drug-likeness (QED) is 0.466. The molecule has 0 aromatic heterocycles. The van der Waals surface area contributed by atoms with E-state index < -0.39 is 4.92 Å². The van der Waals surface area contributed by atoms with Crippen LogP contribution in [0.1, 0.15) is 13.3 Å². The third-order valence-electron chi connectivity index (χ3n) is 2.01. The number of terminal acetylenes is 1. The molecule has 0 saturated carbocycles. The van der Waals surface area contributed by atoms with E-state index in [-0.39, 0.29) is 11.4 Å². The van der Waals surface area contributed by atoms with Gasteiger partial charge in [-0.3, -0.25) is 10.1 Å². The lowest BCUT2D eigenvalue weighted by Gasteiger charge is -2.08. The van der Waals surface area contributed by atoms with Gasteiger partial charge in [-0.1, -0.05) is 12.8 Å². The van der Waals surface area contributed by atoms with Gasteiger partial charge in [0.25, 0.3) is 0 Å². The average molecular weight is 234 g/mol. The molecule has 5 heteroatoms. The van der Waals surface area contributed by atoms with Gasteiger partial charge in [-0.15, -0.1) is 6.42 Å². The van der Waals surface area contributed by atoms with Crippen molar-refractivity contribution in [2.45, 2.75) is 13.3 Å². The first kappa shape index (κ1) is 12.8. The van der Waals surface area contributed by atoms with Gasteiger partial charge in [0.15, 0.2) is 5.75 Å². The van der Waals surface area contributed by atoms with E-state index in [2.05, 4.69) is 11.2 Å². The summed E-state index contributed by atoms with van der Waals surface area (Å²) in [6, 6.07) is 4.60. The number of anilines is 1. The van der Waals surface area contributed by atoms with Crippen molar-refractivity contribution in [1.82, 2.24) is 0 Å². The molecule has 0 aliphatic heterocycles. The van der Waals surface area contributed by atoms with Crippen molar-refractivity contribution < 1.29 is 9.66 Å². The van der Waals surface area contributed by atoms with E-state index >= 15 is 0 Å². The number of nitro groups is 1. The fourth-order valence-electron chi connectivity index (χ4n) is 1.26. The van der Waals surface area contributed by atoms with Crippen LogP contribution in [0.15, 0.2) is 18.2 Å². The average Bonchev–Trinajstić information content (AvgIpc) is 2.33. The van der Waals surface area contributed by atoms with E-state index in [9.17, 15) is 10.1 Å². The molecule has 0 atom stereocenters. The van der Waals surface area contributed by atoms with Crippen LogP contribution in [0.3, 0.4) is 0 Å². The van der Waals surface area contributed by atoms with Crippen LogP contribution in [-0.4, -0.2) is 18.1 Å². The molecule has 1 N–H and O–H groups in total. The van der Waals surface area contributed by atoms with Crippen molar-refractivity contribution in [2.75, 3.05) is 18.5 Å². The van der Waals surface area contributed by atoms with E-state index in [1.165, 1.54) is 6.07 Å². The molecule has 0 aliphatic rings. The third-order valence-corrected chi connectivity index (χ3v) is 2.01. The molecule has 0 radical (unpaired) electrons. The van der Waals surface area contributed by atoms with Crippen molar-refractivity contribution in [2.24, 2.45) is 0 Å². The zero-order valence-electron chi connectivity index (χ0n) is 9.60. The second-order valence-electron chi connectivity index (χ2n) is 3.35. The van der Waals surface area contributed by atoms with Gasteiger partial charge in [0.2, 0.25) is 0 Å². The van der Waals surface area contributed by atoms with Gasteiger partial charge < -0.3 is 10.1 Å². The van der Waals surface area contributed by atoms with Crippen molar-refractivity contribution in [3.05, 3.63) is 28.3 Å². The SMILES string of the molecule is C#CCNc1ccc([N+](=O)[O-])c(OCCC)c1. The highest BCUT2D eigenvalue weighted by atomic mass is 16.6. The van der Waals surface area contributed by atoms with Crippen LogP contribution in [0.2, 0.25) is 0 Å². The zero-order chi connectivity index (χ0) is 12.7. The molecule has 0 bridgehead atoms. The Labute approximate surface area is 99.9 Å². The predicted molar refractivity (Wildman–Crippen MR) is 66.2 cm³/mol. The Morgan fingerprint density at radius 1 is 1.59 bits per heavy atom. The summed E-state index contributed by atoms with van der Waals surface area (Å²) in [7, 11) is 0. The fraction of sp³-hybridized carbons (Fsp3) is 0.333. The van der Waals surface area contributed by atoms with Crippen molar-refractivity contribution in [3.63, 3.8) is 0 Å². The second-order valence-corrected chi connectivity index (χ2v) is 3.35. The Hall–Kier alpha value is -2.22. The second kappa shape index (κ2) is 6.38. The normalized spacial score (nSPS) is 9.41. The lowest BCUT2D eigenvalue weighted by molar-refractivity contribution is -0.385. The number of benzene rings is 1. The lowest BCUT2D eigenvalue weighted by Crippen LogP contribution is -2.02. The molecule has 0 fully saturated rings. The number of nitrogens with zero attached hydrogens (tertiary/aromatic N) is 1. The van der Waals surface area contributed by atoms with Gasteiger partial charge in [-0.05, 0) is 12.5 Å². The molecule has 0 saturated heterocycles. The first-order chi connectivity index (χ1) is 8.19. The number of nitrogens with one attached hydrogen (secondary N) is 1. The Morgan fingerprint density at radius 3 is 2.94 bits per heavy atom. The zero-order valence-corrected chi connectivity index (χ0v) is 9.60. The van der Waals surface area contributed by atoms with Crippen LogP contribution in [0, 0.1) is 22.5 Å². The smallest absolute Gasteiger partial charge is 0.311 e. The minimum absolute atomic E-state index is 0.0373. The summed E-state index contributed by atoms with van der Waals surface area (Å²) < 4.78 is 5.33. The fourth-order valence-corrected chi connectivity index (χ4v) is 1.26. The van der Waals surface area contributed by atoms with Crippen LogP contribution >= 0.6 is 0 Å². The Kier molecular flexibility index (Phi) is 4.82. The van der Waals surface area contributed by atoms with Crippen LogP contribution in [0.25, 0.3) is 0 Å². The predicted octanol–water partition coefficient (Wildman–Crippen LogP) is 2.43. The molecule has 17 heavy (non-hydrogen) atoms. The van der Waals surface area contributed by atoms with Crippen LogP contribution in [0.4, 0.5) is 11.4 Å². The maximum absolute atomic E-state index is 10.8. The monoisotopic (exact) mass is 234 g/mol. The minimum atomic E-state index is -0.462. The summed E-state index contributed by atoms with van der Waals surface area (Å²) in [6.45, 7) is 2.75. The first-order valence-corrected chi connectivity index (χ1v) is 5.27. The largest absolute Gasteiger partial charge is 0.487 e. The van der Waals surface area contributed by atoms with Crippen molar-refractivity contribution in [3.8, 4) is 18.1 Å². The van der Waals surface area contributed by atoms with E-state index in [1.807, 2.05) is 6.92 Å². The van der Waals surface area contributed by atoms with Gasteiger partial charge in [0.05, 0.1) is 18.1 Å². The topological polar surface area (TPSA) is 64.4 Å². The minimum Gasteiger partial charge on any atom is -0.487 e. The molecular weight excluding hydrogens is 220 g/mol. The van der Waals surface area contributed by atoms with E-state index in [1.54, 1.807) is 12.1 Å². The van der Waals surface area contributed by atoms with Crippen LogP contribution in [-0.2, 0) is 0 Å². The van der Waals surface area contributed by atoms with Gasteiger partial charge in [-0.25, -0.2) is 0 Å². The first-order valence-electron chi connectivity index (χ1n) is 5.27. The summed E-state index contributed by atoms with van der Waals surface area (Å²) >= 11 is 0. The molecule has 0 heterocycles. The number of hydrogen-bond donors (Lipinski definition) is 1. The molecule has 1 aromatic rings. The molecule has 1 rings (SSSR count). The van der Waals surface area contributed by atoms with Crippen LogP contribution < -0.4 is 10.1 Å². The Bertz CT molecular complexity index is 438. The van der Waals surface area contributed by atoms with Crippen LogP contribution in [0.5, 0.6) is 5.75 Å². The highest BCUT2D eigenvalue weighted by Gasteiger charge is 2.15. The van der Waals surface area contributed by atoms with E-state index in [0.717, 1.165) is 6.42 Å². The van der Waals surface area contributed by atoms with Gasteiger partial charge >= 0.3 is 5.69 Å². The summed E-state index contributed by atoms with van der Waals surface area (Å²) in [4.78, 5) is 10.3. The highest BCUT2D eigenvalue weighted by molar-refractivity contribution is 5.58. The number of ether oxygens (including phenoxy) is 1. The van der Waals surface area contributed by atoms with Gasteiger partial charge in [0.1, 0.15) is 0 Å². The van der Waals surface area contributed by atoms with Gasteiger partial charge in [0, 0.05) is 17.8 Å². The van der Waals surface area contributed by atoms with Crippen molar-refractivity contribution >= 4 is 11.4 Å². The maximum Gasteiger partial charge on any atom is 0.311 e.